The van der Waals surface area contributed by atoms with Crippen molar-refractivity contribution in [1.29, 1.82) is 0 Å². The number of nitrogens with zero attached hydrogens (tertiary/aromatic N) is 2. The minimum Gasteiger partial charge on any atom is -0.298 e. The molecule has 0 N–H and O–H groups in total. The zero-order valence-corrected chi connectivity index (χ0v) is 14.6. The van der Waals surface area contributed by atoms with Crippen LogP contribution in [-0.4, -0.2) is 50.1 Å². The van der Waals surface area contributed by atoms with Crippen molar-refractivity contribution in [3.63, 3.8) is 0 Å². The van der Waals surface area contributed by atoms with Crippen LogP contribution in [0.4, 0.5) is 0 Å². The van der Waals surface area contributed by atoms with Gasteiger partial charge in [-0.25, -0.2) is 12.7 Å². The number of rotatable bonds is 3. The summed E-state index contributed by atoms with van der Waals surface area (Å²) in [5.74, 6) is 0.474. The maximum Gasteiger partial charge on any atom is 0.211 e. The van der Waals surface area contributed by atoms with Crippen LogP contribution < -0.4 is 0 Å². The van der Waals surface area contributed by atoms with Crippen molar-refractivity contribution < 1.29 is 8.42 Å². The Morgan fingerprint density at radius 1 is 1.23 bits per heavy atom. The number of aryl methyl sites for hydroxylation is 2. The maximum absolute atomic E-state index is 11.6. The summed E-state index contributed by atoms with van der Waals surface area (Å²) in [6, 6.07) is 4.59. The second-order valence-electron chi connectivity index (χ2n) is 6.98. The highest BCUT2D eigenvalue weighted by Crippen LogP contribution is 2.26. The van der Waals surface area contributed by atoms with Gasteiger partial charge in [-0.2, -0.15) is 0 Å². The summed E-state index contributed by atoms with van der Waals surface area (Å²) in [4.78, 5) is 2.50. The summed E-state index contributed by atoms with van der Waals surface area (Å²) in [6.07, 6.45) is 3.42. The first-order valence-corrected chi connectivity index (χ1v) is 9.94. The second kappa shape index (κ2) is 5.95. The molecule has 122 valence electrons. The summed E-state index contributed by atoms with van der Waals surface area (Å²) in [6.45, 7) is 8.86. The highest BCUT2D eigenvalue weighted by molar-refractivity contribution is 7.88. The van der Waals surface area contributed by atoms with E-state index in [2.05, 4.69) is 30.9 Å². The van der Waals surface area contributed by atoms with Crippen molar-refractivity contribution in [2.75, 3.05) is 32.4 Å². The fraction of sp³-hybridized carbons (Fsp3) is 0.647. The topological polar surface area (TPSA) is 40.6 Å². The molecule has 5 heteroatoms. The van der Waals surface area contributed by atoms with Crippen molar-refractivity contribution in [3.05, 3.63) is 34.4 Å². The number of hydrogen-bond donors (Lipinski definition) is 0. The molecule has 0 saturated carbocycles. The van der Waals surface area contributed by atoms with Crippen molar-refractivity contribution in [2.24, 2.45) is 5.92 Å². The normalized spacial score (nSPS) is 23.7. The van der Waals surface area contributed by atoms with E-state index in [-0.39, 0.29) is 0 Å². The van der Waals surface area contributed by atoms with Crippen LogP contribution >= 0.6 is 0 Å². The summed E-state index contributed by atoms with van der Waals surface area (Å²) >= 11 is 0. The molecule has 0 amide bonds. The minimum absolute atomic E-state index is 0.474. The van der Waals surface area contributed by atoms with Crippen molar-refractivity contribution >= 4 is 10.0 Å². The van der Waals surface area contributed by atoms with Crippen LogP contribution in [0.5, 0.6) is 0 Å². The van der Waals surface area contributed by atoms with Gasteiger partial charge >= 0.3 is 0 Å². The van der Waals surface area contributed by atoms with Crippen LogP contribution in [0.3, 0.4) is 0 Å². The highest BCUT2D eigenvalue weighted by Gasteiger charge is 2.30. The van der Waals surface area contributed by atoms with Crippen LogP contribution in [0.2, 0.25) is 0 Å². The number of fused-ring (bicyclic) bond motifs is 1. The van der Waals surface area contributed by atoms with Gasteiger partial charge in [0.2, 0.25) is 10.0 Å². The first-order valence-electron chi connectivity index (χ1n) is 8.09. The first-order chi connectivity index (χ1) is 10.3. The molecular weight excluding hydrogens is 296 g/mol. The quantitative estimate of drug-likeness (QED) is 0.854. The summed E-state index contributed by atoms with van der Waals surface area (Å²) in [5, 5.41) is 0. The van der Waals surface area contributed by atoms with Gasteiger partial charge < -0.3 is 0 Å². The van der Waals surface area contributed by atoms with E-state index in [9.17, 15) is 8.42 Å². The van der Waals surface area contributed by atoms with Gasteiger partial charge in [0.05, 0.1) is 6.26 Å². The third kappa shape index (κ3) is 3.36. The van der Waals surface area contributed by atoms with E-state index >= 15 is 0 Å². The lowest BCUT2D eigenvalue weighted by Crippen LogP contribution is -2.36. The molecule has 0 spiro atoms. The van der Waals surface area contributed by atoms with Gasteiger partial charge in [0.25, 0.3) is 0 Å². The lowest BCUT2D eigenvalue weighted by Gasteiger charge is -2.32. The zero-order valence-electron chi connectivity index (χ0n) is 13.8. The van der Waals surface area contributed by atoms with Crippen LogP contribution in [-0.2, 0) is 23.0 Å². The summed E-state index contributed by atoms with van der Waals surface area (Å²) < 4.78 is 24.9. The molecule has 0 aromatic heterocycles. The largest absolute Gasteiger partial charge is 0.298 e. The molecular formula is C17H26N2O2S. The third-order valence-corrected chi connectivity index (χ3v) is 6.29. The minimum atomic E-state index is -3.02. The molecule has 3 rings (SSSR count). The molecule has 1 aromatic carbocycles. The molecule has 0 aliphatic carbocycles. The fourth-order valence-electron chi connectivity index (χ4n) is 3.88. The smallest absolute Gasteiger partial charge is 0.211 e. The average Bonchev–Trinajstić information content (AvgIpc) is 2.88. The number of hydrogen-bond acceptors (Lipinski definition) is 3. The van der Waals surface area contributed by atoms with Crippen molar-refractivity contribution in [2.45, 2.75) is 33.2 Å². The van der Waals surface area contributed by atoms with Gasteiger partial charge in [-0.05, 0) is 49.3 Å². The van der Waals surface area contributed by atoms with Gasteiger partial charge in [0.1, 0.15) is 0 Å². The van der Waals surface area contributed by atoms with Gasteiger partial charge in [-0.15, -0.1) is 0 Å². The lowest BCUT2D eigenvalue weighted by molar-refractivity contribution is 0.216. The molecule has 1 fully saturated rings. The van der Waals surface area contributed by atoms with Crippen LogP contribution in [0, 0.1) is 19.8 Å². The Labute approximate surface area is 134 Å². The SMILES string of the molecule is Cc1cc(C)c2c(c1)CCN(C[C@H]1CCN(S(C)(=O)=O)C1)C2. The highest BCUT2D eigenvalue weighted by atomic mass is 32.2. The molecule has 0 bridgehead atoms. The predicted molar refractivity (Wildman–Crippen MR) is 89.4 cm³/mol. The Morgan fingerprint density at radius 2 is 2.00 bits per heavy atom. The van der Waals surface area contributed by atoms with E-state index in [1.165, 1.54) is 28.5 Å². The second-order valence-corrected chi connectivity index (χ2v) is 8.96. The molecule has 22 heavy (non-hydrogen) atoms. The van der Waals surface area contributed by atoms with Crippen LogP contribution in [0.25, 0.3) is 0 Å². The molecule has 2 aliphatic heterocycles. The van der Waals surface area contributed by atoms with Crippen molar-refractivity contribution in [3.8, 4) is 0 Å². The van der Waals surface area contributed by atoms with E-state index < -0.39 is 10.0 Å². The zero-order chi connectivity index (χ0) is 15.9. The molecule has 1 aromatic rings. The fourth-order valence-corrected chi connectivity index (χ4v) is 4.80. The molecule has 1 atom stereocenters. The first kappa shape index (κ1) is 16.0. The molecule has 4 nitrogen and oxygen atoms in total. The lowest BCUT2D eigenvalue weighted by atomic mass is 9.93. The van der Waals surface area contributed by atoms with Crippen LogP contribution in [0.1, 0.15) is 28.7 Å². The molecule has 2 heterocycles. The number of sulfonamides is 1. The Bertz CT molecular complexity index is 669. The number of benzene rings is 1. The van der Waals surface area contributed by atoms with E-state index in [1.54, 1.807) is 4.31 Å². The standard InChI is InChI=1S/C17H26N2O2S/c1-13-8-14(2)17-12-18(6-5-16(17)9-13)10-15-4-7-19(11-15)22(3,20)21/h8-9,15H,4-7,10-12H2,1-3H3/t15-/m1/s1. The van der Waals surface area contributed by atoms with E-state index in [1.807, 2.05) is 0 Å². The van der Waals surface area contributed by atoms with Crippen LogP contribution in [0.15, 0.2) is 12.1 Å². The average molecular weight is 322 g/mol. The molecule has 0 radical (unpaired) electrons. The van der Waals surface area contributed by atoms with Gasteiger partial charge in [-0.1, -0.05) is 17.7 Å². The van der Waals surface area contributed by atoms with Gasteiger partial charge in [0, 0.05) is 32.7 Å². The Balaban J connectivity index is 1.64. The predicted octanol–water partition coefficient (Wildman–Crippen LogP) is 1.94. The van der Waals surface area contributed by atoms with E-state index in [0.717, 1.165) is 32.5 Å². The molecule has 0 unspecified atom stereocenters. The third-order valence-electron chi connectivity index (χ3n) is 5.02. The monoisotopic (exact) mass is 322 g/mol. The van der Waals surface area contributed by atoms with Gasteiger partial charge in [-0.3, -0.25) is 4.90 Å². The summed E-state index contributed by atoms with van der Waals surface area (Å²) in [7, 11) is -3.02. The van der Waals surface area contributed by atoms with Crippen molar-refractivity contribution in [1.82, 2.24) is 9.21 Å². The Kier molecular flexibility index (Phi) is 4.32. The summed E-state index contributed by atoms with van der Waals surface area (Å²) in [5.41, 5.74) is 5.72. The Hall–Kier alpha value is -0.910. The van der Waals surface area contributed by atoms with E-state index in [4.69, 9.17) is 0 Å². The Morgan fingerprint density at radius 3 is 2.68 bits per heavy atom. The maximum atomic E-state index is 11.6. The van der Waals surface area contributed by atoms with Gasteiger partial charge in [0.15, 0.2) is 0 Å². The van der Waals surface area contributed by atoms with E-state index in [0.29, 0.717) is 19.0 Å². The molecule has 1 saturated heterocycles. The molecule has 2 aliphatic rings.